The molecule has 0 amide bonds. The van der Waals surface area contributed by atoms with Crippen LogP contribution in [0.4, 0.5) is 0 Å². The lowest BCUT2D eigenvalue weighted by molar-refractivity contribution is 0.265. The molecule has 0 saturated heterocycles. The molecule has 1 aliphatic carbocycles. The summed E-state index contributed by atoms with van der Waals surface area (Å²) >= 11 is 0. The molecule has 3 heteroatoms. The van der Waals surface area contributed by atoms with Gasteiger partial charge in [-0.05, 0) is 56.5 Å². The average Bonchev–Trinajstić information content (AvgIpc) is 2.70. The highest BCUT2D eigenvalue weighted by molar-refractivity contribution is 5.50. The van der Waals surface area contributed by atoms with Gasteiger partial charge in [-0.15, -0.1) is 0 Å². The highest BCUT2D eigenvalue weighted by Gasteiger charge is 2.33. The molecule has 0 saturated carbocycles. The third kappa shape index (κ3) is 3.41. The van der Waals surface area contributed by atoms with Gasteiger partial charge in [0.15, 0.2) is 0 Å². The lowest BCUT2D eigenvalue weighted by Crippen LogP contribution is -2.43. The Morgan fingerprint density at radius 2 is 1.95 bits per heavy atom. The van der Waals surface area contributed by atoms with E-state index in [2.05, 4.69) is 52.0 Å². The molecule has 118 valence electrons. The van der Waals surface area contributed by atoms with Crippen LogP contribution in [0, 0.1) is 12.8 Å². The number of phenolic OH excluding ortho intramolecular Hbond substituents is 1. The van der Waals surface area contributed by atoms with Gasteiger partial charge in [0.1, 0.15) is 5.75 Å². The van der Waals surface area contributed by atoms with E-state index in [1.807, 2.05) is 12.1 Å². The molecule has 1 aromatic carbocycles. The smallest absolute Gasteiger partial charge is 0.120 e. The molecule has 2 N–H and O–H groups in total. The van der Waals surface area contributed by atoms with E-state index in [1.165, 1.54) is 11.1 Å². The maximum Gasteiger partial charge on any atom is 0.120 e. The molecule has 0 radical (unpaired) electrons. The number of nitrogens with one attached hydrogen (secondary N) is 1. The van der Waals surface area contributed by atoms with Crippen molar-refractivity contribution >= 4 is 0 Å². The van der Waals surface area contributed by atoms with Crippen LogP contribution in [0.2, 0.25) is 0 Å². The Morgan fingerprint density at radius 3 is 2.52 bits per heavy atom. The van der Waals surface area contributed by atoms with Crippen LogP contribution in [-0.2, 0) is 0 Å². The number of phenols is 1. The Morgan fingerprint density at radius 1 is 1.29 bits per heavy atom. The number of nitrogens with zero attached hydrogens (tertiary/aromatic N) is 1. The molecule has 3 unspecified atom stereocenters. The van der Waals surface area contributed by atoms with E-state index in [9.17, 15) is 5.11 Å². The summed E-state index contributed by atoms with van der Waals surface area (Å²) in [5.41, 5.74) is 3.78. The van der Waals surface area contributed by atoms with Crippen molar-refractivity contribution in [3.05, 3.63) is 28.8 Å². The van der Waals surface area contributed by atoms with E-state index in [4.69, 9.17) is 0 Å². The predicted octanol–water partition coefficient (Wildman–Crippen LogP) is 3.42. The fraction of sp³-hybridized carbons (Fsp3) is 0.667. The average molecular weight is 290 g/mol. The summed E-state index contributed by atoms with van der Waals surface area (Å²) in [5, 5.41) is 14.1. The highest BCUT2D eigenvalue weighted by Crippen LogP contribution is 2.46. The van der Waals surface area contributed by atoms with Crippen LogP contribution < -0.4 is 5.32 Å². The van der Waals surface area contributed by atoms with E-state index in [-0.39, 0.29) is 6.04 Å². The summed E-state index contributed by atoms with van der Waals surface area (Å²) in [7, 11) is 4.23. The van der Waals surface area contributed by atoms with Gasteiger partial charge < -0.3 is 15.3 Å². The molecule has 0 bridgehead atoms. The van der Waals surface area contributed by atoms with Gasteiger partial charge in [0.2, 0.25) is 0 Å². The van der Waals surface area contributed by atoms with E-state index in [1.54, 1.807) is 0 Å². The number of benzene rings is 1. The molecule has 3 atom stereocenters. The van der Waals surface area contributed by atoms with Gasteiger partial charge in [0.25, 0.3) is 0 Å². The number of rotatable bonds is 5. The van der Waals surface area contributed by atoms with Crippen molar-refractivity contribution in [3.63, 3.8) is 0 Å². The lowest BCUT2D eigenvalue weighted by atomic mass is 9.97. The minimum absolute atomic E-state index is 0.266. The first-order valence-corrected chi connectivity index (χ1v) is 8.04. The molecule has 0 spiro atoms. The molecule has 21 heavy (non-hydrogen) atoms. The first kappa shape index (κ1) is 16.3. The van der Waals surface area contributed by atoms with Crippen molar-refractivity contribution in [2.75, 3.05) is 20.6 Å². The van der Waals surface area contributed by atoms with Crippen molar-refractivity contribution in [2.45, 2.75) is 52.1 Å². The largest absolute Gasteiger partial charge is 0.508 e. The van der Waals surface area contributed by atoms with E-state index in [0.717, 1.165) is 18.5 Å². The van der Waals surface area contributed by atoms with Crippen LogP contribution in [0.15, 0.2) is 12.1 Å². The summed E-state index contributed by atoms with van der Waals surface area (Å²) in [6, 6.07) is 4.58. The number of hydrogen-bond donors (Lipinski definition) is 2. The van der Waals surface area contributed by atoms with Crippen molar-refractivity contribution < 1.29 is 5.11 Å². The summed E-state index contributed by atoms with van der Waals surface area (Å²) in [4.78, 5) is 2.23. The second-order valence-corrected chi connectivity index (χ2v) is 7.20. The zero-order valence-corrected chi connectivity index (χ0v) is 14.3. The molecule has 1 aliphatic rings. The summed E-state index contributed by atoms with van der Waals surface area (Å²) in [5.74, 6) is 1.53. The van der Waals surface area contributed by atoms with Crippen LogP contribution in [0.3, 0.4) is 0 Å². The summed E-state index contributed by atoms with van der Waals surface area (Å²) < 4.78 is 0. The topological polar surface area (TPSA) is 35.5 Å². The van der Waals surface area contributed by atoms with Crippen molar-refractivity contribution in [1.82, 2.24) is 10.2 Å². The Balaban J connectivity index is 2.26. The number of aromatic hydroxyl groups is 1. The second kappa shape index (κ2) is 6.37. The normalized spacial score (nSPS) is 22.9. The van der Waals surface area contributed by atoms with Crippen molar-refractivity contribution in [1.29, 1.82) is 0 Å². The maximum absolute atomic E-state index is 10.3. The molecule has 0 aliphatic heterocycles. The molecular weight excluding hydrogens is 260 g/mol. The van der Waals surface area contributed by atoms with Gasteiger partial charge in [-0.1, -0.05) is 26.8 Å². The highest BCUT2D eigenvalue weighted by atomic mass is 16.3. The zero-order chi connectivity index (χ0) is 15.7. The van der Waals surface area contributed by atoms with Crippen LogP contribution in [0.1, 0.15) is 55.8 Å². The maximum atomic E-state index is 10.3. The van der Waals surface area contributed by atoms with E-state index >= 15 is 0 Å². The first-order valence-electron chi connectivity index (χ1n) is 8.04. The molecule has 0 fully saturated rings. The summed E-state index contributed by atoms with van der Waals surface area (Å²) in [6.45, 7) is 9.96. The molecular formula is C18H30N2O. The number of fused-ring (bicyclic) bond motifs is 1. The van der Waals surface area contributed by atoms with Gasteiger partial charge >= 0.3 is 0 Å². The fourth-order valence-electron chi connectivity index (χ4n) is 3.60. The van der Waals surface area contributed by atoms with Crippen molar-refractivity contribution in [2.24, 2.45) is 5.92 Å². The van der Waals surface area contributed by atoms with E-state index in [0.29, 0.717) is 23.6 Å². The second-order valence-electron chi connectivity index (χ2n) is 7.20. The van der Waals surface area contributed by atoms with Gasteiger partial charge in [0.05, 0.1) is 0 Å². The Bertz CT molecular complexity index is 496. The molecule has 3 nitrogen and oxygen atoms in total. The summed E-state index contributed by atoms with van der Waals surface area (Å²) in [6.07, 6.45) is 1.07. The Kier molecular flexibility index (Phi) is 4.95. The van der Waals surface area contributed by atoms with Crippen LogP contribution in [-0.4, -0.2) is 36.7 Å². The van der Waals surface area contributed by atoms with Gasteiger partial charge in [-0.2, -0.15) is 0 Å². The zero-order valence-electron chi connectivity index (χ0n) is 14.3. The Labute approximate surface area is 129 Å². The number of aryl methyl sites for hydroxylation is 1. The molecule has 2 rings (SSSR count). The van der Waals surface area contributed by atoms with Gasteiger partial charge in [-0.3, -0.25) is 0 Å². The minimum atomic E-state index is 0.266. The molecule has 1 aromatic rings. The minimum Gasteiger partial charge on any atom is -0.508 e. The third-order valence-corrected chi connectivity index (χ3v) is 4.69. The van der Waals surface area contributed by atoms with Crippen LogP contribution in [0.5, 0.6) is 5.75 Å². The van der Waals surface area contributed by atoms with Crippen LogP contribution in [0.25, 0.3) is 0 Å². The molecule has 0 heterocycles. The quantitative estimate of drug-likeness (QED) is 0.872. The van der Waals surface area contributed by atoms with Gasteiger partial charge in [-0.25, -0.2) is 0 Å². The monoisotopic (exact) mass is 290 g/mol. The lowest BCUT2D eigenvalue weighted by Gasteiger charge is -2.29. The van der Waals surface area contributed by atoms with Crippen molar-refractivity contribution in [3.8, 4) is 5.75 Å². The molecule has 0 aromatic heterocycles. The SMILES string of the molecule is Cc1ccc(O)c2c1C(C)CC2NC(CN(C)C)C(C)C. The fourth-order valence-corrected chi connectivity index (χ4v) is 3.60. The standard InChI is InChI=1S/C18H30N2O/c1-11(2)15(10-20(5)6)19-14-9-13(4)17-12(3)7-8-16(21)18(14)17/h7-8,11,13-15,19,21H,9-10H2,1-6H3. The number of likely N-dealkylation sites (N-methyl/N-ethyl adjacent to an activating group) is 1. The number of hydrogen-bond acceptors (Lipinski definition) is 3. The third-order valence-electron chi connectivity index (χ3n) is 4.69. The van der Waals surface area contributed by atoms with Crippen LogP contribution >= 0.6 is 0 Å². The van der Waals surface area contributed by atoms with Gasteiger partial charge in [0, 0.05) is 24.2 Å². The Hall–Kier alpha value is -1.06. The van der Waals surface area contributed by atoms with E-state index < -0.39 is 0 Å². The predicted molar refractivity (Wildman–Crippen MR) is 88.9 cm³/mol. The first-order chi connectivity index (χ1) is 9.81.